The van der Waals surface area contributed by atoms with E-state index in [1.165, 1.54) is 4.88 Å². The van der Waals surface area contributed by atoms with Crippen molar-refractivity contribution in [2.75, 3.05) is 6.54 Å². The zero-order valence-electron chi connectivity index (χ0n) is 12.7. The van der Waals surface area contributed by atoms with Gasteiger partial charge in [-0.15, -0.1) is 11.3 Å². The molecule has 23 heavy (non-hydrogen) atoms. The van der Waals surface area contributed by atoms with Crippen LogP contribution in [0.1, 0.15) is 11.8 Å². The number of benzene rings is 1. The molecule has 3 aromatic rings. The number of rotatable bonds is 6. The van der Waals surface area contributed by atoms with Crippen molar-refractivity contribution < 1.29 is 0 Å². The van der Waals surface area contributed by atoms with Gasteiger partial charge in [0.25, 0.3) is 0 Å². The zero-order chi connectivity index (χ0) is 16.2. The van der Waals surface area contributed by atoms with E-state index in [0.29, 0.717) is 11.4 Å². The summed E-state index contributed by atoms with van der Waals surface area (Å²) < 4.78 is 5.28. The van der Waals surface area contributed by atoms with Crippen LogP contribution >= 0.6 is 35.2 Å². The predicted octanol–water partition coefficient (Wildman–Crippen LogP) is 4.60. The van der Waals surface area contributed by atoms with E-state index >= 15 is 0 Å². The van der Waals surface area contributed by atoms with Crippen LogP contribution in [0.15, 0.2) is 48.8 Å². The normalized spacial score (nSPS) is 11.3. The highest BCUT2D eigenvalue weighted by Crippen LogP contribution is 2.22. The molecular formula is C16H17ClN4S2. The molecule has 0 amide bonds. The van der Waals surface area contributed by atoms with Crippen LogP contribution < -0.4 is 0 Å². The minimum atomic E-state index is 0.657. The average Bonchev–Trinajstić information content (AvgIpc) is 3.14. The molecule has 0 atom stereocenters. The van der Waals surface area contributed by atoms with E-state index < -0.39 is 0 Å². The van der Waals surface area contributed by atoms with Gasteiger partial charge in [0.05, 0.1) is 11.0 Å². The standard InChI is InChI=1S/C16H17ClN4S2/c1-2-19(10-14-8-9-15(17)23-14)12-21-16(22)20(11-18-21)13-6-4-3-5-7-13/h3-9,11H,2,10,12H2,1H3. The molecule has 0 radical (unpaired) electrons. The van der Waals surface area contributed by atoms with Gasteiger partial charge in [0.15, 0.2) is 0 Å². The largest absolute Gasteiger partial charge is 0.279 e. The first-order valence-electron chi connectivity index (χ1n) is 7.34. The van der Waals surface area contributed by atoms with Crippen LogP contribution in [0.25, 0.3) is 5.69 Å². The van der Waals surface area contributed by atoms with Crippen LogP contribution in [0.5, 0.6) is 0 Å². The van der Waals surface area contributed by atoms with Crippen LogP contribution in [0, 0.1) is 4.77 Å². The Morgan fingerprint density at radius 1 is 1.22 bits per heavy atom. The number of nitrogens with zero attached hydrogens (tertiary/aromatic N) is 4. The van der Waals surface area contributed by atoms with Crippen molar-refractivity contribution in [1.82, 2.24) is 19.2 Å². The van der Waals surface area contributed by atoms with Gasteiger partial charge in [-0.3, -0.25) is 9.47 Å². The lowest BCUT2D eigenvalue weighted by Gasteiger charge is -2.19. The molecule has 3 rings (SSSR count). The molecule has 0 spiro atoms. The number of halogens is 1. The highest BCUT2D eigenvalue weighted by atomic mass is 35.5. The van der Waals surface area contributed by atoms with E-state index in [1.807, 2.05) is 45.6 Å². The van der Waals surface area contributed by atoms with E-state index in [4.69, 9.17) is 23.8 Å². The van der Waals surface area contributed by atoms with Gasteiger partial charge in [0.1, 0.15) is 6.33 Å². The Kier molecular flexibility index (Phi) is 5.27. The lowest BCUT2D eigenvalue weighted by atomic mass is 10.3. The van der Waals surface area contributed by atoms with Crippen LogP contribution in [0.2, 0.25) is 4.34 Å². The maximum absolute atomic E-state index is 6.01. The summed E-state index contributed by atoms with van der Waals surface area (Å²) in [5.41, 5.74) is 1.02. The van der Waals surface area contributed by atoms with Crippen LogP contribution in [-0.4, -0.2) is 25.8 Å². The van der Waals surface area contributed by atoms with Gasteiger partial charge in [-0.25, -0.2) is 4.68 Å². The van der Waals surface area contributed by atoms with Gasteiger partial charge in [-0.1, -0.05) is 36.7 Å². The second-order valence-electron chi connectivity index (χ2n) is 5.11. The molecule has 0 aliphatic heterocycles. The van der Waals surface area contributed by atoms with Crippen molar-refractivity contribution in [2.24, 2.45) is 0 Å². The fourth-order valence-corrected chi connectivity index (χ4v) is 3.70. The van der Waals surface area contributed by atoms with Crippen LogP contribution in [-0.2, 0) is 13.2 Å². The number of aromatic nitrogens is 3. The highest BCUT2D eigenvalue weighted by Gasteiger charge is 2.10. The molecular weight excluding hydrogens is 348 g/mol. The maximum Gasteiger partial charge on any atom is 0.203 e. The molecule has 2 aromatic heterocycles. The van der Waals surface area contributed by atoms with Crippen molar-refractivity contribution in [3.8, 4) is 5.69 Å². The fraction of sp³-hybridized carbons (Fsp3) is 0.250. The highest BCUT2D eigenvalue weighted by molar-refractivity contribution is 7.71. The first-order valence-corrected chi connectivity index (χ1v) is 8.94. The first-order chi connectivity index (χ1) is 11.2. The van der Waals surface area contributed by atoms with Crippen LogP contribution in [0.4, 0.5) is 0 Å². The molecule has 0 saturated heterocycles. The van der Waals surface area contributed by atoms with Crippen molar-refractivity contribution in [2.45, 2.75) is 20.1 Å². The summed E-state index contributed by atoms with van der Waals surface area (Å²) in [6.45, 7) is 4.54. The molecule has 0 bridgehead atoms. The number of hydrogen-bond acceptors (Lipinski definition) is 4. The third-order valence-electron chi connectivity index (χ3n) is 3.56. The SMILES string of the molecule is CCN(Cc1ccc(Cl)s1)Cn1ncn(-c2ccccc2)c1=S. The summed E-state index contributed by atoms with van der Waals surface area (Å²) in [6.07, 6.45) is 1.77. The van der Waals surface area contributed by atoms with E-state index in [0.717, 1.165) is 23.1 Å². The summed E-state index contributed by atoms with van der Waals surface area (Å²) in [5.74, 6) is 0. The second-order valence-corrected chi connectivity index (χ2v) is 7.28. The smallest absolute Gasteiger partial charge is 0.203 e. The summed E-state index contributed by atoms with van der Waals surface area (Å²) >= 11 is 13.2. The van der Waals surface area contributed by atoms with Gasteiger partial charge in [-0.2, -0.15) is 5.10 Å². The van der Waals surface area contributed by atoms with E-state index in [-0.39, 0.29) is 0 Å². The molecule has 7 heteroatoms. The van der Waals surface area contributed by atoms with Gasteiger partial charge in [-0.05, 0) is 43.0 Å². The van der Waals surface area contributed by atoms with Crippen molar-refractivity contribution in [3.63, 3.8) is 0 Å². The molecule has 0 aliphatic carbocycles. The van der Waals surface area contributed by atoms with Crippen molar-refractivity contribution >= 4 is 35.2 Å². The fourth-order valence-electron chi connectivity index (χ4n) is 2.31. The molecule has 2 heterocycles. The molecule has 120 valence electrons. The summed E-state index contributed by atoms with van der Waals surface area (Å²) in [6, 6.07) is 14.0. The first kappa shape index (κ1) is 16.4. The van der Waals surface area contributed by atoms with Crippen molar-refractivity contribution in [1.29, 1.82) is 0 Å². The molecule has 0 fully saturated rings. The van der Waals surface area contributed by atoms with Gasteiger partial charge >= 0.3 is 0 Å². The second kappa shape index (κ2) is 7.40. The Morgan fingerprint density at radius 3 is 2.65 bits per heavy atom. The van der Waals surface area contributed by atoms with E-state index in [9.17, 15) is 0 Å². The minimum absolute atomic E-state index is 0.657. The van der Waals surface area contributed by atoms with Gasteiger partial charge in [0, 0.05) is 17.1 Å². The Balaban J connectivity index is 1.77. The van der Waals surface area contributed by atoms with Gasteiger partial charge in [0.2, 0.25) is 4.77 Å². The summed E-state index contributed by atoms with van der Waals surface area (Å²) in [7, 11) is 0. The lowest BCUT2D eigenvalue weighted by molar-refractivity contribution is 0.209. The maximum atomic E-state index is 6.01. The third kappa shape index (κ3) is 3.90. The predicted molar refractivity (Wildman–Crippen MR) is 97.8 cm³/mol. The topological polar surface area (TPSA) is 26.0 Å². The molecule has 4 nitrogen and oxygen atoms in total. The molecule has 0 saturated carbocycles. The van der Waals surface area contributed by atoms with Gasteiger partial charge < -0.3 is 0 Å². The molecule has 1 aromatic carbocycles. The Hall–Kier alpha value is -1.47. The molecule has 0 aliphatic rings. The van der Waals surface area contributed by atoms with Crippen LogP contribution in [0.3, 0.4) is 0 Å². The van der Waals surface area contributed by atoms with Crippen molar-refractivity contribution in [3.05, 3.63) is 62.8 Å². The molecule has 0 unspecified atom stereocenters. The Morgan fingerprint density at radius 2 is 2.00 bits per heavy atom. The molecule has 0 N–H and O–H groups in total. The number of hydrogen-bond donors (Lipinski definition) is 0. The third-order valence-corrected chi connectivity index (χ3v) is 5.18. The lowest BCUT2D eigenvalue weighted by Crippen LogP contribution is -2.26. The number of para-hydroxylation sites is 1. The summed E-state index contributed by atoms with van der Waals surface area (Å²) in [5, 5.41) is 4.44. The quantitative estimate of drug-likeness (QED) is 0.598. The Labute approximate surface area is 149 Å². The van der Waals surface area contributed by atoms with E-state index in [1.54, 1.807) is 17.7 Å². The average molecular weight is 365 g/mol. The number of thiophene rings is 1. The monoisotopic (exact) mass is 364 g/mol. The zero-order valence-corrected chi connectivity index (χ0v) is 15.1. The Bertz CT molecular complexity index is 822. The minimum Gasteiger partial charge on any atom is -0.279 e. The summed E-state index contributed by atoms with van der Waals surface area (Å²) in [4.78, 5) is 3.52. The van der Waals surface area contributed by atoms with E-state index in [2.05, 4.69) is 23.0 Å².